The number of carboxylic acid groups (broad SMARTS) is 1. The van der Waals surface area contributed by atoms with E-state index >= 15 is 0 Å². The van der Waals surface area contributed by atoms with E-state index in [1.54, 1.807) is 25.1 Å². The monoisotopic (exact) mass is 294 g/mol. The number of ether oxygens (including phenoxy) is 1. The number of carbonyl (C=O) groups is 1. The highest BCUT2D eigenvalue weighted by atomic mass is 35.5. The average Bonchev–Trinajstić information content (AvgIpc) is 2.41. The van der Waals surface area contributed by atoms with E-state index in [1.165, 1.54) is 18.2 Å². The number of hydrogen-bond acceptors (Lipinski definition) is 2. The minimum atomic E-state index is -0.993. The Balaban J connectivity index is 2.15. The molecule has 3 nitrogen and oxygen atoms in total. The van der Waals surface area contributed by atoms with Crippen LogP contribution in [-0.2, 0) is 6.61 Å². The van der Waals surface area contributed by atoms with Crippen molar-refractivity contribution < 1.29 is 19.0 Å². The van der Waals surface area contributed by atoms with Crippen molar-refractivity contribution >= 4 is 17.6 Å². The number of halogens is 2. The molecule has 0 saturated carbocycles. The van der Waals surface area contributed by atoms with Crippen LogP contribution in [-0.4, -0.2) is 11.1 Å². The summed E-state index contributed by atoms with van der Waals surface area (Å²) in [6, 6.07) is 9.06. The zero-order valence-corrected chi connectivity index (χ0v) is 11.4. The molecule has 0 amide bonds. The Morgan fingerprint density at radius 3 is 2.75 bits per heavy atom. The van der Waals surface area contributed by atoms with E-state index in [0.29, 0.717) is 16.9 Å². The maximum absolute atomic E-state index is 13.3. The molecule has 104 valence electrons. The van der Waals surface area contributed by atoms with Crippen molar-refractivity contribution in [2.24, 2.45) is 0 Å². The van der Waals surface area contributed by atoms with Gasteiger partial charge in [0.15, 0.2) is 0 Å². The number of carboxylic acids is 1. The summed E-state index contributed by atoms with van der Waals surface area (Å²) in [4.78, 5) is 10.8. The van der Waals surface area contributed by atoms with Crippen LogP contribution in [0.25, 0.3) is 0 Å². The maximum Gasteiger partial charge on any atom is 0.335 e. The summed E-state index contributed by atoms with van der Waals surface area (Å²) in [5.74, 6) is -0.950. The zero-order valence-electron chi connectivity index (χ0n) is 10.7. The highest BCUT2D eigenvalue weighted by molar-refractivity contribution is 6.31. The number of benzene rings is 2. The second kappa shape index (κ2) is 5.92. The van der Waals surface area contributed by atoms with Gasteiger partial charge in [-0.2, -0.15) is 0 Å². The molecular formula is C15H12ClFO3. The van der Waals surface area contributed by atoms with Crippen LogP contribution in [0.5, 0.6) is 5.75 Å². The van der Waals surface area contributed by atoms with Gasteiger partial charge in [-0.1, -0.05) is 23.7 Å². The van der Waals surface area contributed by atoms with Crippen molar-refractivity contribution in [1.29, 1.82) is 0 Å². The van der Waals surface area contributed by atoms with Gasteiger partial charge in [0.2, 0.25) is 0 Å². The van der Waals surface area contributed by atoms with Crippen molar-refractivity contribution in [3.05, 3.63) is 63.9 Å². The van der Waals surface area contributed by atoms with E-state index in [0.717, 1.165) is 0 Å². The quantitative estimate of drug-likeness (QED) is 0.925. The largest absolute Gasteiger partial charge is 0.489 e. The lowest BCUT2D eigenvalue weighted by Gasteiger charge is -2.11. The molecule has 2 aromatic rings. The minimum Gasteiger partial charge on any atom is -0.489 e. The predicted molar refractivity (Wildman–Crippen MR) is 73.9 cm³/mol. The predicted octanol–water partition coefficient (Wildman–Crippen LogP) is 4.06. The smallest absolute Gasteiger partial charge is 0.335 e. The van der Waals surface area contributed by atoms with Crippen molar-refractivity contribution in [2.75, 3.05) is 0 Å². The van der Waals surface area contributed by atoms with E-state index in [4.69, 9.17) is 21.4 Å². The van der Waals surface area contributed by atoms with Gasteiger partial charge in [-0.05, 0) is 36.8 Å². The molecule has 0 bridgehead atoms. The lowest BCUT2D eigenvalue weighted by molar-refractivity contribution is 0.0696. The summed E-state index contributed by atoms with van der Waals surface area (Å²) in [6.07, 6.45) is 0. The van der Waals surface area contributed by atoms with E-state index in [1.807, 2.05) is 0 Å². The van der Waals surface area contributed by atoms with Crippen molar-refractivity contribution in [3.8, 4) is 5.75 Å². The molecule has 2 rings (SSSR count). The second-order valence-electron chi connectivity index (χ2n) is 4.29. The van der Waals surface area contributed by atoms with E-state index in [2.05, 4.69) is 0 Å². The fourth-order valence-corrected chi connectivity index (χ4v) is 1.94. The van der Waals surface area contributed by atoms with Gasteiger partial charge in [-0.15, -0.1) is 0 Å². The van der Waals surface area contributed by atoms with E-state index in [-0.39, 0.29) is 17.2 Å². The van der Waals surface area contributed by atoms with Crippen LogP contribution in [0.1, 0.15) is 21.5 Å². The third kappa shape index (κ3) is 3.08. The van der Waals surface area contributed by atoms with Gasteiger partial charge in [0.1, 0.15) is 18.2 Å². The van der Waals surface area contributed by atoms with Crippen LogP contribution in [0, 0.1) is 12.7 Å². The summed E-state index contributed by atoms with van der Waals surface area (Å²) < 4.78 is 18.8. The number of hydrogen-bond donors (Lipinski definition) is 1. The van der Waals surface area contributed by atoms with Gasteiger partial charge in [-0.25, -0.2) is 9.18 Å². The Morgan fingerprint density at radius 1 is 1.35 bits per heavy atom. The Kier molecular flexibility index (Phi) is 4.25. The van der Waals surface area contributed by atoms with Crippen molar-refractivity contribution in [3.63, 3.8) is 0 Å². The normalized spacial score (nSPS) is 10.3. The topological polar surface area (TPSA) is 46.5 Å². The Morgan fingerprint density at radius 2 is 2.10 bits per heavy atom. The molecule has 0 spiro atoms. The van der Waals surface area contributed by atoms with Crippen LogP contribution >= 0.6 is 11.6 Å². The van der Waals surface area contributed by atoms with Gasteiger partial charge in [0.05, 0.1) is 10.6 Å². The summed E-state index contributed by atoms with van der Waals surface area (Å²) in [6.45, 7) is 1.86. The van der Waals surface area contributed by atoms with Crippen LogP contribution in [0.2, 0.25) is 5.02 Å². The third-order valence-corrected chi connectivity index (χ3v) is 3.26. The fraction of sp³-hybridized carbons (Fsp3) is 0.133. The van der Waals surface area contributed by atoms with Crippen molar-refractivity contribution in [1.82, 2.24) is 0 Å². The first-order valence-corrected chi connectivity index (χ1v) is 6.26. The molecular weight excluding hydrogens is 283 g/mol. The highest BCUT2D eigenvalue weighted by Crippen LogP contribution is 2.24. The Labute approximate surface area is 120 Å². The van der Waals surface area contributed by atoms with E-state index in [9.17, 15) is 9.18 Å². The molecule has 2 aromatic carbocycles. The van der Waals surface area contributed by atoms with Crippen LogP contribution < -0.4 is 4.74 Å². The second-order valence-corrected chi connectivity index (χ2v) is 4.67. The molecule has 20 heavy (non-hydrogen) atoms. The summed E-state index contributed by atoms with van der Waals surface area (Å²) in [5, 5.41) is 8.91. The lowest BCUT2D eigenvalue weighted by Crippen LogP contribution is -2.01. The minimum absolute atomic E-state index is 0.0345. The molecule has 0 radical (unpaired) electrons. The van der Waals surface area contributed by atoms with Crippen LogP contribution in [0.15, 0.2) is 36.4 Å². The van der Waals surface area contributed by atoms with Gasteiger partial charge in [0, 0.05) is 5.56 Å². The van der Waals surface area contributed by atoms with Gasteiger partial charge in [-0.3, -0.25) is 0 Å². The molecule has 5 heteroatoms. The first-order valence-electron chi connectivity index (χ1n) is 5.88. The number of rotatable bonds is 4. The zero-order chi connectivity index (χ0) is 14.7. The SMILES string of the molecule is Cc1cc(C(=O)O)ccc1OCc1cccc(F)c1Cl. The Hall–Kier alpha value is -2.07. The molecule has 1 N–H and O–H groups in total. The molecule has 0 fully saturated rings. The molecule has 0 aliphatic heterocycles. The van der Waals surface area contributed by atoms with Gasteiger partial charge >= 0.3 is 5.97 Å². The fourth-order valence-electron chi connectivity index (χ4n) is 1.76. The first-order chi connectivity index (χ1) is 9.49. The molecule has 0 aliphatic carbocycles. The molecule has 0 atom stereocenters. The summed E-state index contributed by atoms with van der Waals surface area (Å²) >= 11 is 5.83. The average molecular weight is 295 g/mol. The van der Waals surface area contributed by atoms with Crippen LogP contribution in [0.3, 0.4) is 0 Å². The molecule has 0 aliphatic rings. The van der Waals surface area contributed by atoms with Crippen molar-refractivity contribution in [2.45, 2.75) is 13.5 Å². The molecule has 0 unspecified atom stereocenters. The highest BCUT2D eigenvalue weighted by Gasteiger charge is 2.09. The first kappa shape index (κ1) is 14.3. The number of aromatic carboxylic acids is 1. The maximum atomic E-state index is 13.3. The lowest BCUT2D eigenvalue weighted by atomic mass is 10.1. The summed E-state index contributed by atoms with van der Waals surface area (Å²) in [5.41, 5.74) is 1.42. The van der Waals surface area contributed by atoms with Gasteiger partial charge < -0.3 is 9.84 Å². The summed E-state index contributed by atoms with van der Waals surface area (Å²) in [7, 11) is 0. The van der Waals surface area contributed by atoms with Crippen LogP contribution in [0.4, 0.5) is 4.39 Å². The molecule has 0 heterocycles. The molecule has 0 saturated heterocycles. The Bertz CT molecular complexity index is 656. The van der Waals surface area contributed by atoms with Gasteiger partial charge in [0.25, 0.3) is 0 Å². The van der Waals surface area contributed by atoms with E-state index < -0.39 is 11.8 Å². The number of aryl methyl sites for hydroxylation is 1. The molecule has 0 aromatic heterocycles. The third-order valence-electron chi connectivity index (χ3n) is 2.84. The standard InChI is InChI=1S/C15H12ClFO3/c1-9-7-10(15(18)19)5-6-13(9)20-8-11-3-2-4-12(17)14(11)16/h2-7H,8H2,1H3,(H,18,19).